The first-order valence-corrected chi connectivity index (χ1v) is 16.9. The van der Waals surface area contributed by atoms with Gasteiger partial charge in [-0.15, -0.1) is 0 Å². The summed E-state index contributed by atoms with van der Waals surface area (Å²) in [4.78, 5) is 0. The van der Waals surface area contributed by atoms with Gasteiger partial charge in [0.05, 0.1) is 0 Å². The van der Waals surface area contributed by atoms with Crippen LogP contribution in [0.5, 0.6) is 0 Å². The van der Waals surface area contributed by atoms with Crippen LogP contribution in [0.2, 0.25) is 5.02 Å². The fourth-order valence-electron chi connectivity index (χ4n) is 6.70. The number of anilines is 2. The summed E-state index contributed by atoms with van der Waals surface area (Å²) in [5.41, 5.74) is 12.0. The quantitative estimate of drug-likeness (QED) is 0.139. The molecule has 2 nitrogen and oxygen atoms in total. The van der Waals surface area contributed by atoms with E-state index in [4.69, 9.17) is 11.6 Å². The van der Waals surface area contributed by atoms with Gasteiger partial charge in [0, 0.05) is 40.3 Å². The van der Waals surface area contributed by atoms with Gasteiger partial charge in [-0.2, -0.15) is 0 Å². The number of aryl methyl sites for hydroxylation is 2. The third-order valence-electron chi connectivity index (χ3n) is 9.29. The van der Waals surface area contributed by atoms with Crippen LogP contribution in [0.3, 0.4) is 0 Å². The van der Waals surface area contributed by atoms with E-state index in [-0.39, 0.29) is 23.9 Å². The highest BCUT2D eigenvalue weighted by Crippen LogP contribution is 2.45. The topological polar surface area (TPSA) is 24.1 Å². The van der Waals surface area contributed by atoms with Crippen LogP contribution in [-0.2, 0) is 0 Å². The third-order valence-corrected chi connectivity index (χ3v) is 9.51. The van der Waals surface area contributed by atoms with Crippen molar-refractivity contribution in [3.63, 3.8) is 0 Å². The van der Waals surface area contributed by atoms with Crippen molar-refractivity contribution in [2.75, 3.05) is 10.6 Å². The summed E-state index contributed by atoms with van der Waals surface area (Å²) in [7, 11) is 0. The average Bonchev–Trinajstić information content (AvgIpc) is 3.10. The molecule has 0 aliphatic rings. The Morgan fingerprint density at radius 3 is 1.09 bits per heavy atom. The van der Waals surface area contributed by atoms with Crippen LogP contribution >= 0.6 is 11.6 Å². The summed E-state index contributed by atoms with van der Waals surface area (Å²) in [6, 6.07) is 54.1. The van der Waals surface area contributed by atoms with Crippen molar-refractivity contribution in [1.82, 2.24) is 0 Å². The molecule has 0 heterocycles. The minimum absolute atomic E-state index is 0.0291. The van der Waals surface area contributed by atoms with Gasteiger partial charge in [-0.1, -0.05) is 151 Å². The molecule has 0 bridgehead atoms. The summed E-state index contributed by atoms with van der Waals surface area (Å²) in [5.74, 6) is -0.0581. The molecular formula is C44H43ClN2. The van der Waals surface area contributed by atoms with Gasteiger partial charge < -0.3 is 10.6 Å². The number of nitrogens with one attached hydrogen (secondary N) is 2. The zero-order valence-electron chi connectivity index (χ0n) is 27.6. The lowest BCUT2D eigenvalue weighted by molar-refractivity contribution is 0.673. The molecule has 0 aliphatic carbocycles. The first-order valence-electron chi connectivity index (χ1n) is 16.5. The van der Waals surface area contributed by atoms with E-state index in [9.17, 15) is 0 Å². The van der Waals surface area contributed by atoms with Crippen molar-refractivity contribution in [3.8, 4) is 0 Å². The number of hydrogen-bond donors (Lipinski definition) is 2. The number of halogens is 1. The molecule has 2 unspecified atom stereocenters. The minimum atomic E-state index is -0.0291. The lowest BCUT2D eigenvalue weighted by Crippen LogP contribution is -2.36. The van der Waals surface area contributed by atoms with Crippen LogP contribution in [-0.4, -0.2) is 12.1 Å². The van der Waals surface area contributed by atoms with Crippen molar-refractivity contribution >= 4 is 23.0 Å². The Morgan fingerprint density at radius 1 is 0.426 bits per heavy atom. The van der Waals surface area contributed by atoms with Crippen molar-refractivity contribution < 1.29 is 0 Å². The Kier molecular flexibility index (Phi) is 10.1. The maximum Gasteiger partial charge on any atom is 0.0432 e. The molecule has 47 heavy (non-hydrogen) atoms. The molecule has 0 saturated heterocycles. The zero-order chi connectivity index (χ0) is 32.8. The van der Waals surface area contributed by atoms with Crippen LogP contribution in [0, 0.1) is 13.8 Å². The summed E-state index contributed by atoms with van der Waals surface area (Å²) < 4.78 is 0. The maximum atomic E-state index is 7.16. The summed E-state index contributed by atoms with van der Waals surface area (Å²) >= 11 is 7.16. The third kappa shape index (κ3) is 7.29. The predicted octanol–water partition coefficient (Wildman–Crippen LogP) is 11.6. The molecule has 3 heteroatoms. The van der Waals surface area contributed by atoms with Gasteiger partial charge in [0.2, 0.25) is 0 Å². The molecule has 0 radical (unpaired) electrons. The van der Waals surface area contributed by atoms with E-state index in [0.717, 1.165) is 21.8 Å². The summed E-state index contributed by atoms with van der Waals surface area (Å²) in [6.45, 7) is 8.87. The fraction of sp³-hybridized carbons (Fsp3) is 0.182. The highest BCUT2D eigenvalue weighted by Gasteiger charge is 2.29. The molecule has 236 valence electrons. The second kappa shape index (κ2) is 14.8. The molecule has 0 aliphatic heterocycles. The predicted molar refractivity (Wildman–Crippen MR) is 201 cm³/mol. The van der Waals surface area contributed by atoms with E-state index in [1.807, 2.05) is 0 Å². The minimum Gasteiger partial charge on any atom is -0.380 e. The Hall–Kier alpha value is -4.79. The Bertz CT molecular complexity index is 1690. The van der Waals surface area contributed by atoms with Crippen LogP contribution in [0.1, 0.15) is 70.2 Å². The monoisotopic (exact) mass is 634 g/mol. The van der Waals surface area contributed by atoms with Crippen LogP contribution in [0.4, 0.5) is 11.4 Å². The van der Waals surface area contributed by atoms with Gasteiger partial charge in [-0.05, 0) is 84.3 Å². The molecule has 0 fully saturated rings. The highest BCUT2D eigenvalue weighted by atomic mass is 35.5. The average molecular weight is 635 g/mol. The molecule has 6 aromatic carbocycles. The van der Waals surface area contributed by atoms with E-state index in [1.54, 1.807) is 0 Å². The second-order valence-electron chi connectivity index (χ2n) is 12.6. The van der Waals surface area contributed by atoms with Gasteiger partial charge in [-0.3, -0.25) is 0 Å². The SMILES string of the molecule is Cc1cccc(C)c1NC(C)C(C)Nc1c(C(c2ccccc2)c2ccccc2)cc(Cl)cc1C(c1ccccc1)c1ccccc1. The van der Waals surface area contributed by atoms with Crippen molar-refractivity contribution in [2.45, 2.75) is 51.6 Å². The molecule has 6 rings (SSSR count). The zero-order valence-corrected chi connectivity index (χ0v) is 28.4. The first kappa shape index (κ1) is 32.2. The molecule has 0 amide bonds. The van der Waals surface area contributed by atoms with Gasteiger partial charge in [-0.25, -0.2) is 0 Å². The molecule has 0 saturated carbocycles. The Balaban J connectivity index is 1.56. The molecular weight excluding hydrogens is 592 g/mol. The van der Waals surface area contributed by atoms with Crippen molar-refractivity contribution in [1.29, 1.82) is 0 Å². The van der Waals surface area contributed by atoms with E-state index in [0.29, 0.717) is 0 Å². The Morgan fingerprint density at radius 2 is 0.745 bits per heavy atom. The highest BCUT2D eigenvalue weighted by molar-refractivity contribution is 6.30. The smallest absolute Gasteiger partial charge is 0.0432 e. The van der Waals surface area contributed by atoms with Crippen molar-refractivity contribution in [2.24, 2.45) is 0 Å². The van der Waals surface area contributed by atoms with Crippen LogP contribution in [0.15, 0.2) is 152 Å². The first-order chi connectivity index (χ1) is 22.9. The lowest BCUT2D eigenvalue weighted by Gasteiger charge is -2.32. The molecule has 6 aromatic rings. The van der Waals surface area contributed by atoms with Gasteiger partial charge >= 0.3 is 0 Å². The van der Waals surface area contributed by atoms with E-state index >= 15 is 0 Å². The van der Waals surface area contributed by atoms with E-state index in [2.05, 4.69) is 190 Å². The maximum absolute atomic E-state index is 7.16. The van der Waals surface area contributed by atoms with E-state index < -0.39 is 0 Å². The summed E-state index contributed by atoms with van der Waals surface area (Å²) in [6.07, 6.45) is 0. The van der Waals surface area contributed by atoms with Gasteiger partial charge in [0.25, 0.3) is 0 Å². The second-order valence-corrected chi connectivity index (χ2v) is 13.0. The molecule has 2 N–H and O–H groups in total. The normalized spacial score (nSPS) is 12.6. The van der Waals surface area contributed by atoms with E-state index in [1.165, 1.54) is 39.1 Å². The van der Waals surface area contributed by atoms with Gasteiger partial charge in [0.15, 0.2) is 0 Å². The van der Waals surface area contributed by atoms with Crippen LogP contribution in [0.25, 0.3) is 0 Å². The number of para-hydroxylation sites is 1. The van der Waals surface area contributed by atoms with Gasteiger partial charge in [0.1, 0.15) is 0 Å². The standard InChI is InChI=1S/C44H43ClN2/c1-30-18-17-19-31(2)43(30)46-32(3)33(4)47-44-39(41(34-20-9-5-10-21-34)35-22-11-6-12-23-35)28-38(45)29-40(44)42(36-24-13-7-14-25-36)37-26-15-8-16-27-37/h5-29,32-33,41-42,46-47H,1-4H3. The lowest BCUT2D eigenvalue weighted by atomic mass is 9.78. The van der Waals surface area contributed by atoms with Crippen LogP contribution < -0.4 is 10.6 Å². The number of benzene rings is 6. The molecule has 0 aromatic heterocycles. The Labute approximate surface area is 285 Å². The molecule has 2 atom stereocenters. The molecule has 0 spiro atoms. The van der Waals surface area contributed by atoms with Crippen molar-refractivity contribution in [3.05, 3.63) is 201 Å². The number of hydrogen-bond acceptors (Lipinski definition) is 2. The summed E-state index contributed by atoms with van der Waals surface area (Å²) in [5, 5.41) is 8.66. The fourth-order valence-corrected chi connectivity index (χ4v) is 6.94. The largest absolute Gasteiger partial charge is 0.380 e. The number of rotatable bonds is 11.